The number of piperazine rings is 1. The maximum absolute atomic E-state index is 13.3. The Labute approximate surface area is 188 Å². The first-order valence-electron chi connectivity index (χ1n) is 9.86. The molecule has 0 aromatic heterocycles. The van der Waals surface area contributed by atoms with E-state index in [1.54, 1.807) is 11.8 Å². The summed E-state index contributed by atoms with van der Waals surface area (Å²) in [6.45, 7) is 3.49. The van der Waals surface area contributed by atoms with Gasteiger partial charge in [0.2, 0.25) is 0 Å². The van der Waals surface area contributed by atoms with Gasteiger partial charge in [-0.25, -0.2) is 9.18 Å². The predicted molar refractivity (Wildman–Crippen MR) is 119 cm³/mol. The van der Waals surface area contributed by atoms with Crippen molar-refractivity contribution >= 4 is 40.6 Å². The maximum atomic E-state index is 13.3. The van der Waals surface area contributed by atoms with Gasteiger partial charge in [0.15, 0.2) is 5.11 Å². The molecule has 1 saturated heterocycles. The first-order chi connectivity index (χ1) is 15.3. The third-order valence-electron chi connectivity index (χ3n) is 4.90. The zero-order chi connectivity index (χ0) is 23.3. The highest BCUT2D eigenvalue weighted by Gasteiger charge is 2.26. The number of rotatable bonds is 5. The van der Waals surface area contributed by atoms with E-state index < -0.39 is 22.6 Å². The molecule has 1 aliphatic rings. The summed E-state index contributed by atoms with van der Waals surface area (Å²) in [7, 11) is 0. The molecule has 1 fully saturated rings. The zero-order valence-corrected chi connectivity index (χ0v) is 18.1. The molecule has 1 aliphatic heterocycles. The number of hydrogen-bond donors (Lipinski definition) is 1. The number of carbonyl (C=O) groups is 2. The summed E-state index contributed by atoms with van der Waals surface area (Å²) >= 11 is 5.30. The average molecular weight is 460 g/mol. The van der Waals surface area contributed by atoms with Crippen LogP contribution >= 0.6 is 12.2 Å². The molecule has 1 N–H and O–H groups in total. The fourth-order valence-electron chi connectivity index (χ4n) is 3.31. The van der Waals surface area contributed by atoms with Crippen LogP contribution in [0.2, 0.25) is 0 Å². The molecule has 2 aromatic carbocycles. The van der Waals surface area contributed by atoms with Crippen LogP contribution in [0.3, 0.4) is 0 Å². The van der Waals surface area contributed by atoms with Gasteiger partial charge in [0.1, 0.15) is 11.5 Å². The van der Waals surface area contributed by atoms with Crippen LogP contribution in [0.4, 0.5) is 15.8 Å². The van der Waals surface area contributed by atoms with Gasteiger partial charge in [-0.05, 0) is 49.5 Å². The minimum absolute atomic E-state index is 0.113. The lowest BCUT2D eigenvalue weighted by Gasteiger charge is -2.37. The smallest absolute Gasteiger partial charge is 0.338 e. The van der Waals surface area contributed by atoms with Crippen LogP contribution in [0.25, 0.3) is 0 Å². The highest BCUT2D eigenvalue weighted by molar-refractivity contribution is 7.80. The van der Waals surface area contributed by atoms with Crippen LogP contribution in [0.1, 0.15) is 27.6 Å². The number of nitrogens with zero attached hydrogens (tertiary/aromatic N) is 3. The second-order valence-electron chi connectivity index (χ2n) is 6.92. The van der Waals surface area contributed by atoms with Crippen LogP contribution in [0, 0.1) is 15.9 Å². The Hall–Kier alpha value is -3.60. The molecular weight excluding hydrogens is 439 g/mol. The largest absolute Gasteiger partial charge is 0.462 e. The Morgan fingerprint density at radius 1 is 1.16 bits per heavy atom. The Balaban J connectivity index is 1.65. The fraction of sp³-hybridized carbons (Fsp3) is 0.286. The van der Waals surface area contributed by atoms with E-state index in [4.69, 9.17) is 17.0 Å². The number of esters is 1. The van der Waals surface area contributed by atoms with E-state index in [1.807, 2.05) is 4.90 Å². The van der Waals surface area contributed by atoms with Crippen molar-refractivity contribution in [3.05, 3.63) is 69.5 Å². The summed E-state index contributed by atoms with van der Waals surface area (Å²) in [5, 5.41) is 14.4. The summed E-state index contributed by atoms with van der Waals surface area (Å²) in [4.78, 5) is 38.8. The van der Waals surface area contributed by atoms with Gasteiger partial charge >= 0.3 is 5.97 Å². The summed E-state index contributed by atoms with van der Waals surface area (Å²) in [5.74, 6) is -1.65. The predicted octanol–water partition coefficient (Wildman–Crippen LogP) is 2.75. The molecule has 3 rings (SSSR count). The lowest BCUT2D eigenvalue weighted by molar-refractivity contribution is -0.384. The van der Waals surface area contributed by atoms with Gasteiger partial charge in [-0.15, -0.1) is 0 Å². The molecule has 1 heterocycles. The minimum atomic E-state index is -0.619. The van der Waals surface area contributed by atoms with Gasteiger partial charge in [-0.2, -0.15) is 0 Å². The van der Waals surface area contributed by atoms with Gasteiger partial charge < -0.3 is 14.5 Å². The van der Waals surface area contributed by atoms with Crippen LogP contribution in [-0.4, -0.2) is 59.6 Å². The molecule has 0 spiro atoms. The summed E-state index contributed by atoms with van der Waals surface area (Å²) in [6, 6.07) is 9.52. The van der Waals surface area contributed by atoms with Crippen molar-refractivity contribution in [3.63, 3.8) is 0 Å². The monoisotopic (exact) mass is 460 g/mol. The molecule has 9 nitrogen and oxygen atoms in total. The second kappa shape index (κ2) is 10.1. The molecule has 2 aromatic rings. The quantitative estimate of drug-likeness (QED) is 0.314. The van der Waals surface area contributed by atoms with Gasteiger partial charge in [-0.3, -0.25) is 20.2 Å². The van der Waals surface area contributed by atoms with Crippen molar-refractivity contribution in [1.82, 2.24) is 10.2 Å². The number of anilines is 1. The van der Waals surface area contributed by atoms with E-state index in [9.17, 15) is 24.1 Å². The number of carbonyl (C=O) groups excluding carboxylic acids is 2. The van der Waals surface area contributed by atoms with Crippen molar-refractivity contribution in [2.45, 2.75) is 6.92 Å². The molecule has 168 valence electrons. The van der Waals surface area contributed by atoms with Crippen molar-refractivity contribution in [1.29, 1.82) is 0 Å². The Morgan fingerprint density at radius 3 is 2.50 bits per heavy atom. The number of amides is 1. The summed E-state index contributed by atoms with van der Waals surface area (Å²) in [5.41, 5.74) is 0.467. The first kappa shape index (κ1) is 23.1. The van der Waals surface area contributed by atoms with E-state index >= 15 is 0 Å². The molecular formula is C21H21FN4O5S. The Kier molecular flexibility index (Phi) is 7.31. The molecule has 0 bridgehead atoms. The van der Waals surface area contributed by atoms with E-state index in [-0.39, 0.29) is 28.5 Å². The summed E-state index contributed by atoms with van der Waals surface area (Å²) < 4.78 is 18.2. The molecule has 0 aliphatic carbocycles. The van der Waals surface area contributed by atoms with Gasteiger partial charge in [0, 0.05) is 37.8 Å². The molecule has 11 heteroatoms. The van der Waals surface area contributed by atoms with E-state index in [0.717, 1.165) is 6.07 Å². The average Bonchev–Trinajstić information content (AvgIpc) is 2.78. The van der Waals surface area contributed by atoms with Crippen molar-refractivity contribution in [3.8, 4) is 0 Å². The van der Waals surface area contributed by atoms with Crippen LogP contribution < -0.4 is 10.2 Å². The third-order valence-corrected chi connectivity index (χ3v) is 5.26. The number of ether oxygens (including phenoxy) is 1. The third kappa shape index (κ3) is 5.35. The number of thiocarbonyl (C=S) groups is 1. The Morgan fingerprint density at radius 2 is 1.88 bits per heavy atom. The van der Waals surface area contributed by atoms with Crippen molar-refractivity contribution in [2.24, 2.45) is 0 Å². The number of nitro groups is 1. The number of halogens is 1. The highest BCUT2D eigenvalue weighted by Crippen LogP contribution is 2.30. The highest BCUT2D eigenvalue weighted by atomic mass is 32.1. The van der Waals surface area contributed by atoms with E-state index in [0.29, 0.717) is 31.9 Å². The molecule has 32 heavy (non-hydrogen) atoms. The standard InChI is InChI=1S/C21H21FN4O5S/c1-2-31-20(28)15-6-7-17(18(13-15)26(29)30)24-8-10-25(11-9-24)21(32)23-19(27)14-4-3-5-16(22)12-14/h3-7,12-13H,2,8-11H2,1H3,(H,23,27,32). The number of hydrogen-bond acceptors (Lipinski definition) is 7. The van der Waals surface area contributed by atoms with Crippen LogP contribution in [0.5, 0.6) is 0 Å². The first-order valence-corrected chi connectivity index (χ1v) is 10.3. The van der Waals surface area contributed by atoms with E-state index in [1.165, 1.54) is 36.4 Å². The summed E-state index contributed by atoms with van der Waals surface area (Å²) in [6.07, 6.45) is 0. The van der Waals surface area contributed by atoms with Gasteiger partial charge in [-0.1, -0.05) is 6.07 Å². The minimum Gasteiger partial charge on any atom is -0.462 e. The topological polar surface area (TPSA) is 105 Å². The molecule has 1 amide bonds. The number of nitro benzene ring substituents is 1. The van der Waals surface area contributed by atoms with Crippen LogP contribution in [0.15, 0.2) is 42.5 Å². The second-order valence-corrected chi connectivity index (χ2v) is 7.31. The van der Waals surface area contributed by atoms with E-state index in [2.05, 4.69) is 5.32 Å². The van der Waals surface area contributed by atoms with Gasteiger partial charge in [0.05, 0.1) is 17.1 Å². The lowest BCUT2D eigenvalue weighted by atomic mass is 10.1. The van der Waals surface area contributed by atoms with Gasteiger partial charge in [0.25, 0.3) is 11.6 Å². The Bertz CT molecular complexity index is 1060. The number of benzene rings is 2. The molecule has 0 saturated carbocycles. The van der Waals surface area contributed by atoms with Crippen molar-refractivity contribution < 1.29 is 23.6 Å². The van der Waals surface area contributed by atoms with Crippen LogP contribution in [-0.2, 0) is 4.74 Å². The molecule has 0 radical (unpaired) electrons. The fourth-order valence-corrected chi connectivity index (χ4v) is 3.58. The lowest BCUT2D eigenvalue weighted by Crippen LogP contribution is -2.52. The van der Waals surface area contributed by atoms with Crippen molar-refractivity contribution in [2.75, 3.05) is 37.7 Å². The molecule has 0 unspecified atom stereocenters. The number of nitrogens with one attached hydrogen (secondary N) is 1. The zero-order valence-electron chi connectivity index (χ0n) is 17.2. The normalized spacial score (nSPS) is 13.4. The molecule has 0 atom stereocenters. The maximum Gasteiger partial charge on any atom is 0.338 e. The SMILES string of the molecule is CCOC(=O)c1ccc(N2CCN(C(=S)NC(=O)c3cccc(F)c3)CC2)c([N+](=O)[O-])c1.